The number of thiocarbonyl (C=S) groups is 1. The second-order valence-corrected chi connectivity index (χ2v) is 5.17. The van der Waals surface area contributed by atoms with Crippen molar-refractivity contribution in [3.05, 3.63) is 29.7 Å². The largest absolute Gasteiger partial charge is 0.362 e. The molecule has 0 fully saturated rings. The van der Waals surface area contributed by atoms with Gasteiger partial charge in [0.1, 0.15) is 0 Å². The van der Waals surface area contributed by atoms with Crippen LogP contribution in [0.2, 0.25) is 0 Å². The summed E-state index contributed by atoms with van der Waals surface area (Å²) in [5.74, 6) is 0.753. The van der Waals surface area contributed by atoms with Gasteiger partial charge in [-0.3, -0.25) is 9.36 Å². The van der Waals surface area contributed by atoms with Crippen molar-refractivity contribution in [3.63, 3.8) is 0 Å². The van der Waals surface area contributed by atoms with Gasteiger partial charge in [-0.2, -0.15) is 10.2 Å². The molecule has 2 N–H and O–H groups in total. The van der Waals surface area contributed by atoms with Crippen molar-refractivity contribution in [1.82, 2.24) is 24.9 Å². The molecule has 0 aliphatic heterocycles. The van der Waals surface area contributed by atoms with E-state index in [-0.39, 0.29) is 0 Å². The molecule has 0 spiro atoms. The summed E-state index contributed by atoms with van der Waals surface area (Å²) in [6.45, 7) is 5.77. The first kappa shape index (κ1) is 14.5. The fourth-order valence-electron chi connectivity index (χ4n) is 1.97. The fourth-order valence-corrected chi connectivity index (χ4v) is 2.18. The van der Waals surface area contributed by atoms with Crippen molar-refractivity contribution in [2.45, 2.75) is 26.8 Å². The summed E-state index contributed by atoms with van der Waals surface area (Å²) in [6.07, 6.45) is 2.83. The lowest BCUT2D eigenvalue weighted by molar-refractivity contribution is 0.558. The van der Waals surface area contributed by atoms with Crippen LogP contribution in [0.1, 0.15) is 17.8 Å². The lowest BCUT2D eigenvalue weighted by Gasteiger charge is -2.09. The molecule has 0 unspecified atom stereocenters. The molecule has 0 aromatic carbocycles. The van der Waals surface area contributed by atoms with E-state index in [4.69, 9.17) is 12.2 Å². The second kappa shape index (κ2) is 6.51. The molecule has 0 bridgehead atoms. The molecule has 0 atom stereocenters. The van der Waals surface area contributed by atoms with Gasteiger partial charge in [0.15, 0.2) is 10.9 Å². The zero-order valence-electron chi connectivity index (χ0n) is 12.1. The topological polar surface area (TPSA) is 59.7 Å². The van der Waals surface area contributed by atoms with Gasteiger partial charge in [-0.1, -0.05) is 0 Å². The van der Waals surface area contributed by atoms with Crippen LogP contribution in [0.3, 0.4) is 0 Å². The van der Waals surface area contributed by atoms with Gasteiger partial charge in [0.2, 0.25) is 0 Å². The molecular weight excluding hydrogens is 272 g/mol. The molecule has 0 saturated carbocycles. The van der Waals surface area contributed by atoms with E-state index in [1.54, 1.807) is 4.68 Å². The summed E-state index contributed by atoms with van der Waals surface area (Å²) < 4.78 is 3.75. The zero-order chi connectivity index (χ0) is 14.5. The molecule has 2 heterocycles. The fraction of sp³-hybridized carbons (Fsp3) is 0.462. The van der Waals surface area contributed by atoms with Crippen LogP contribution >= 0.6 is 12.2 Å². The first-order valence-corrected chi connectivity index (χ1v) is 7.01. The first-order chi connectivity index (χ1) is 9.54. The van der Waals surface area contributed by atoms with Gasteiger partial charge >= 0.3 is 0 Å². The lowest BCUT2D eigenvalue weighted by Crippen LogP contribution is -2.30. The SMILES string of the molecule is Cc1cc(C)n(CCCNC(=S)Nc2ccn(C)n2)n1. The Balaban J connectivity index is 1.68. The molecule has 0 saturated heterocycles. The third-order valence-electron chi connectivity index (χ3n) is 2.89. The van der Waals surface area contributed by atoms with Crippen molar-refractivity contribution >= 4 is 23.1 Å². The van der Waals surface area contributed by atoms with E-state index in [9.17, 15) is 0 Å². The highest BCUT2D eigenvalue weighted by atomic mass is 32.1. The Kier molecular flexibility index (Phi) is 4.73. The smallest absolute Gasteiger partial charge is 0.171 e. The normalized spacial score (nSPS) is 10.6. The highest BCUT2D eigenvalue weighted by Gasteiger charge is 2.02. The van der Waals surface area contributed by atoms with Crippen LogP contribution in [-0.4, -0.2) is 31.2 Å². The number of hydrogen-bond donors (Lipinski definition) is 2. The summed E-state index contributed by atoms with van der Waals surface area (Å²) in [5, 5.41) is 15.4. The molecule has 0 radical (unpaired) electrons. The Labute approximate surface area is 124 Å². The Morgan fingerprint density at radius 2 is 2.15 bits per heavy atom. The van der Waals surface area contributed by atoms with E-state index in [1.165, 1.54) is 5.69 Å². The first-order valence-electron chi connectivity index (χ1n) is 6.60. The van der Waals surface area contributed by atoms with E-state index >= 15 is 0 Å². The molecule has 2 aromatic heterocycles. The number of nitrogens with zero attached hydrogens (tertiary/aromatic N) is 4. The van der Waals surface area contributed by atoms with E-state index in [0.29, 0.717) is 5.11 Å². The Bertz CT molecular complexity index is 585. The quantitative estimate of drug-likeness (QED) is 0.648. The summed E-state index contributed by atoms with van der Waals surface area (Å²) >= 11 is 5.21. The highest BCUT2D eigenvalue weighted by molar-refractivity contribution is 7.80. The Hall–Kier alpha value is -1.89. The monoisotopic (exact) mass is 292 g/mol. The van der Waals surface area contributed by atoms with Crippen LogP contribution in [0.5, 0.6) is 0 Å². The standard InChI is InChI=1S/C13H20N6S/c1-10-9-11(2)19(16-10)7-4-6-14-13(20)15-12-5-8-18(3)17-12/h5,8-9H,4,6-7H2,1-3H3,(H2,14,15,17,20). The number of nitrogens with one attached hydrogen (secondary N) is 2. The maximum absolute atomic E-state index is 5.21. The summed E-state index contributed by atoms with van der Waals surface area (Å²) in [6, 6.07) is 3.96. The minimum atomic E-state index is 0.595. The van der Waals surface area contributed by atoms with Gasteiger partial charge in [-0.25, -0.2) is 0 Å². The van der Waals surface area contributed by atoms with E-state index in [0.717, 1.165) is 31.0 Å². The average Bonchev–Trinajstić information content (AvgIpc) is 2.91. The molecule has 2 aromatic rings. The molecule has 6 nitrogen and oxygen atoms in total. The summed E-state index contributed by atoms with van der Waals surface area (Å²) in [7, 11) is 1.87. The van der Waals surface area contributed by atoms with E-state index < -0.39 is 0 Å². The second-order valence-electron chi connectivity index (χ2n) is 4.76. The third kappa shape index (κ3) is 4.06. The van der Waals surface area contributed by atoms with Crippen molar-refractivity contribution in [1.29, 1.82) is 0 Å². The van der Waals surface area contributed by atoms with Gasteiger partial charge < -0.3 is 10.6 Å². The molecule has 0 amide bonds. The zero-order valence-corrected chi connectivity index (χ0v) is 12.9. The molecule has 20 heavy (non-hydrogen) atoms. The lowest BCUT2D eigenvalue weighted by atomic mass is 10.4. The maximum atomic E-state index is 5.21. The van der Waals surface area contributed by atoms with Gasteiger partial charge in [0, 0.05) is 38.1 Å². The van der Waals surface area contributed by atoms with E-state index in [2.05, 4.69) is 33.8 Å². The Morgan fingerprint density at radius 1 is 1.35 bits per heavy atom. The van der Waals surface area contributed by atoms with Gasteiger partial charge in [-0.05, 0) is 38.6 Å². The Morgan fingerprint density at radius 3 is 2.75 bits per heavy atom. The minimum absolute atomic E-state index is 0.595. The van der Waals surface area contributed by atoms with Crippen LogP contribution in [0.25, 0.3) is 0 Å². The van der Waals surface area contributed by atoms with Crippen LogP contribution < -0.4 is 10.6 Å². The van der Waals surface area contributed by atoms with Crippen LogP contribution in [0.4, 0.5) is 5.82 Å². The molecule has 7 heteroatoms. The molecule has 108 valence electrons. The summed E-state index contributed by atoms with van der Waals surface area (Å²) in [5.41, 5.74) is 2.25. The van der Waals surface area contributed by atoms with Gasteiger partial charge in [-0.15, -0.1) is 0 Å². The number of hydrogen-bond acceptors (Lipinski definition) is 3. The van der Waals surface area contributed by atoms with Crippen molar-refractivity contribution < 1.29 is 0 Å². The predicted octanol–water partition coefficient (Wildman–Crippen LogP) is 1.61. The van der Waals surface area contributed by atoms with Crippen LogP contribution in [0, 0.1) is 13.8 Å². The van der Waals surface area contributed by atoms with Crippen molar-refractivity contribution in [3.8, 4) is 0 Å². The van der Waals surface area contributed by atoms with Gasteiger partial charge in [0.05, 0.1) is 5.69 Å². The number of rotatable bonds is 5. The minimum Gasteiger partial charge on any atom is -0.362 e. The predicted molar refractivity (Wildman–Crippen MR) is 83.7 cm³/mol. The van der Waals surface area contributed by atoms with Crippen LogP contribution in [-0.2, 0) is 13.6 Å². The third-order valence-corrected chi connectivity index (χ3v) is 3.14. The highest BCUT2D eigenvalue weighted by Crippen LogP contribution is 2.02. The molecule has 0 aliphatic rings. The van der Waals surface area contributed by atoms with Crippen molar-refractivity contribution in [2.75, 3.05) is 11.9 Å². The van der Waals surface area contributed by atoms with E-state index in [1.807, 2.05) is 30.9 Å². The van der Waals surface area contributed by atoms with Gasteiger partial charge in [0.25, 0.3) is 0 Å². The molecular formula is C13H20N6S. The van der Waals surface area contributed by atoms with Crippen LogP contribution in [0.15, 0.2) is 18.3 Å². The number of aryl methyl sites for hydroxylation is 4. The molecule has 0 aliphatic carbocycles. The van der Waals surface area contributed by atoms with Crippen molar-refractivity contribution in [2.24, 2.45) is 7.05 Å². The average molecular weight is 292 g/mol. The summed E-state index contributed by atoms with van der Waals surface area (Å²) in [4.78, 5) is 0. The number of aromatic nitrogens is 4. The maximum Gasteiger partial charge on any atom is 0.171 e. The number of anilines is 1. The molecule has 2 rings (SSSR count).